The summed E-state index contributed by atoms with van der Waals surface area (Å²) in [6.45, 7) is 4.44. The maximum absolute atomic E-state index is 6.23. The van der Waals surface area contributed by atoms with Gasteiger partial charge in [-0.15, -0.1) is 11.6 Å². The predicted molar refractivity (Wildman–Crippen MR) is 60.3 cm³/mol. The van der Waals surface area contributed by atoms with Crippen molar-refractivity contribution in [2.45, 2.75) is 64.2 Å². The van der Waals surface area contributed by atoms with Crippen LogP contribution in [0.3, 0.4) is 0 Å². The van der Waals surface area contributed by atoms with Crippen LogP contribution in [0.25, 0.3) is 0 Å². The van der Waals surface area contributed by atoms with Crippen molar-refractivity contribution < 1.29 is 0 Å². The Morgan fingerprint density at radius 1 is 1.15 bits per heavy atom. The van der Waals surface area contributed by atoms with Crippen molar-refractivity contribution in [3.8, 4) is 0 Å². The molecule has 13 heavy (non-hydrogen) atoms. The van der Waals surface area contributed by atoms with Gasteiger partial charge >= 0.3 is 0 Å². The maximum Gasteiger partial charge on any atom is 0.0359 e. The van der Waals surface area contributed by atoms with Crippen LogP contribution in [0.15, 0.2) is 0 Å². The highest BCUT2D eigenvalue weighted by molar-refractivity contribution is 6.20. The summed E-state index contributed by atoms with van der Waals surface area (Å²) < 4.78 is 0. The Hall–Kier alpha value is 0.290. The molecular formula is C12H23Cl. The molecule has 0 bridgehead atoms. The number of halogens is 1. The quantitative estimate of drug-likeness (QED) is 0.584. The first-order valence-corrected chi connectivity index (χ1v) is 6.28. The van der Waals surface area contributed by atoms with Gasteiger partial charge in [-0.3, -0.25) is 0 Å². The van der Waals surface area contributed by atoms with Gasteiger partial charge in [-0.25, -0.2) is 0 Å². The average Bonchev–Trinajstić information content (AvgIpc) is 2.15. The molecule has 1 fully saturated rings. The molecule has 1 saturated carbocycles. The third kappa shape index (κ3) is 4.35. The van der Waals surface area contributed by atoms with E-state index in [-0.39, 0.29) is 0 Å². The molecule has 1 aliphatic rings. The van der Waals surface area contributed by atoms with Gasteiger partial charge in [0.05, 0.1) is 0 Å². The molecule has 0 amide bonds. The molecule has 0 spiro atoms. The van der Waals surface area contributed by atoms with E-state index >= 15 is 0 Å². The molecule has 0 nitrogen and oxygen atoms in total. The number of alkyl halides is 1. The minimum absolute atomic E-state index is 0.405. The van der Waals surface area contributed by atoms with Crippen molar-refractivity contribution in [3.63, 3.8) is 0 Å². The molecule has 0 saturated heterocycles. The van der Waals surface area contributed by atoms with E-state index in [1.807, 2.05) is 0 Å². The Bertz CT molecular complexity index is 125. The zero-order valence-corrected chi connectivity index (χ0v) is 9.82. The molecule has 0 aromatic rings. The van der Waals surface area contributed by atoms with Crippen LogP contribution in [-0.4, -0.2) is 5.38 Å². The van der Waals surface area contributed by atoms with Crippen LogP contribution in [-0.2, 0) is 0 Å². The lowest BCUT2D eigenvalue weighted by atomic mass is 9.85. The van der Waals surface area contributed by atoms with Gasteiger partial charge in [-0.1, -0.05) is 46.0 Å². The van der Waals surface area contributed by atoms with Gasteiger partial charge in [0.15, 0.2) is 0 Å². The van der Waals surface area contributed by atoms with Crippen molar-refractivity contribution in [2.24, 2.45) is 11.8 Å². The minimum atomic E-state index is 0.405. The normalized spacial score (nSPS) is 22.2. The molecule has 1 heteroatoms. The second kappa shape index (κ2) is 5.90. The average molecular weight is 203 g/mol. The Balaban J connectivity index is 2.10. The van der Waals surface area contributed by atoms with E-state index in [1.54, 1.807) is 0 Å². The predicted octanol–water partition coefficient (Wildman–Crippen LogP) is 4.61. The van der Waals surface area contributed by atoms with Crippen LogP contribution in [0.5, 0.6) is 0 Å². The standard InChI is InChI=1S/C12H23Cl/c1-10(2)12(13)9-8-11-6-4-3-5-7-11/h10-12H,3-9H2,1-2H3. The zero-order chi connectivity index (χ0) is 9.68. The van der Waals surface area contributed by atoms with E-state index in [0.29, 0.717) is 11.3 Å². The lowest BCUT2D eigenvalue weighted by Crippen LogP contribution is -2.12. The van der Waals surface area contributed by atoms with E-state index in [4.69, 9.17) is 11.6 Å². The van der Waals surface area contributed by atoms with Gasteiger partial charge in [-0.2, -0.15) is 0 Å². The molecule has 1 rings (SSSR count). The van der Waals surface area contributed by atoms with Crippen molar-refractivity contribution in [2.75, 3.05) is 0 Å². The summed E-state index contributed by atoms with van der Waals surface area (Å²) in [6.07, 6.45) is 9.89. The van der Waals surface area contributed by atoms with Crippen LogP contribution in [0.4, 0.5) is 0 Å². The fourth-order valence-corrected chi connectivity index (χ4v) is 2.33. The molecule has 0 aromatic carbocycles. The van der Waals surface area contributed by atoms with Crippen LogP contribution < -0.4 is 0 Å². The van der Waals surface area contributed by atoms with Gasteiger partial charge in [0.25, 0.3) is 0 Å². The largest absolute Gasteiger partial charge is 0.123 e. The summed E-state index contributed by atoms with van der Waals surface area (Å²) in [7, 11) is 0. The van der Waals surface area contributed by atoms with Gasteiger partial charge in [0, 0.05) is 5.38 Å². The van der Waals surface area contributed by atoms with Gasteiger partial charge in [0.1, 0.15) is 0 Å². The smallest absolute Gasteiger partial charge is 0.0359 e. The first kappa shape index (κ1) is 11.4. The molecule has 1 unspecified atom stereocenters. The highest BCUT2D eigenvalue weighted by atomic mass is 35.5. The Kier molecular flexibility index (Phi) is 5.16. The highest BCUT2D eigenvalue weighted by Gasteiger charge is 2.16. The second-order valence-corrected chi connectivity index (χ2v) is 5.40. The lowest BCUT2D eigenvalue weighted by Gasteiger charge is -2.23. The highest BCUT2D eigenvalue weighted by Crippen LogP contribution is 2.29. The van der Waals surface area contributed by atoms with Crippen molar-refractivity contribution in [3.05, 3.63) is 0 Å². The van der Waals surface area contributed by atoms with Crippen LogP contribution >= 0.6 is 11.6 Å². The van der Waals surface area contributed by atoms with Gasteiger partial charge in [-0.05, 0) is 24.7 Å². The monoisotopic (exact) mass is 202 g/mol. The van der Waals surface area contributed by atoms with Crippen LogP contribution in [0, 0.1) is 11.8 Å². The van der Waals surface area contributed by atoms with Crippen molar-refractivity contribution in [1.82, 2.24) is 0 Å². The molecule has 0 N–H and O–H groups in total. The van der Waals surface area contributed by atoms with Gasteiger partial charge in [0.2, 0.25) is 0 Å². The lowest BCUT2D eigenvalue weighted by molar-refractivity contribution is 0.324. The van der Waals surface area contributed by atoms with E-state index in [9.17, 15) is 0 Å². The molecule has 1 atom stereocenters. The number of rotatable bonds is 4. The summed E-state index contributed by atoms with van der Waals surface area (Å²) >= 11 is 6.23. The maximum atomic E-state index is 6.23. The fourth-order valence-electron chi connectivity index (χ4n) is 2.20. The third-order valence-corrected chi connectivity index (χ3v) is 4.02. The summed E-state index contributed by atoms with van der Waals surface area (Å²) in [4.78, 5) is 0. The number of hydrogen-bond acceptors (Lipinski definition) is 0. The number of hydrogen-bond donors (Lipinski definition) is 0. The Morgan fingerprint density at radius 3 is 2.31 bits per heavy atom. The molecule has 0 aromatic heterocycles. The Labute approximate surface area is 88.1 Å². The first-order valence-electron chi connectivity index (χ1n) is 5.84. The first-order chi connectivity index (χ1) is 6.20. The van der Waals surface area contributed by atoms with E-state index < -0.39 is 0 Å². The van der Waals surface area contributed by atoms with Crippen LogP contribution in [0.2, 0.25) is 0 Å². The summed E-state index contributed by atoms with van der Waals surface area (Å²) in [5, 5.41) is 0.405. The van der Waals surface area contributed by atoms with Crippen molar-refractivity contribution in [1.29, 1.82) is 0 Å². The summed E-state index contributed by atoms with van der Waals surface area (Å²) in [5.74, 6) is 1.64. The van der Waals surface area contributed by atoms with Gasteiger partial charge < -0.3 is 0 Å². The summed E-state index contributed by atoms with van der Waals surface area (Å²) in [6, 6.07) is 0. The van der Waals surface area contributed by atoms with E-state index in [1.165, 1.54) is 44.9 Å². The fraction of sp³-hybridized carbons (Fsp3) is 1.00. The summed E-state index contributed by atoms with van der Waals surface area (Å²) in [5.41, 5.74) is 0. The minimum Gasteiger partial charge on any atom is -0.123 e. The van der Waals surface area contributed by atoms with Crippen molar-refractivity contribution >= 4 is 11.6 Å². The van der Waals surface area contributed by atoms with E-state index in [0.717, 1.165) is 5.92 Å². The SMILES string of the molecule is CC(C)C(Cl)CCC1CCCCC1. The second-order valence-electron chi connectivity index (χ2n) is 4.84. The van der Waals surface area contributed by atoms with E-state index in [2.05, 4.69) is 13.8 Å². The van der Waals surface area contributed by atoms with Crippen LogP contribution in [0.1, 0.15) is 58.8 Å². The zero-order valence-electron chi connectivity index (χ0n) is 9.06. The third-order valence-electron chi connectivity index (χ3n) is 3.30. The molecule has 1 aliphatic carbocycles. The molecule has 0 radical (unpaired) electrons. The molecule has 0 heterocycles. The molecular weight excluding hydrogens is 180 g/mol. The molecule has 78 valence electrons. The molecule has 0 aliphatic heterocycles. The Morgan fingerprint density at radius 2 is 1.77 bits per heavy atom. The topological polar surface area (TPSA) is 0 Å².